The maximum Gasteiger partial charge on any atom is 0.130 e. The molecule has 2 aliphatic heterocycles. The Bertz CT molecular complexity index is 1010. The van der Waals surface area contributed by atoms with Crippen LogP contribution in [0.1, 0.15) is 36.4 Å². The maximum absolute atomic E-state index is 12.6. The third-order valence-corrected chi connectivity index (χ3v) is 9.31. The normalized spacial score (nSPS) is 30.5. The number of nitrogens with zero attached hydrogens (tertiary/aromatic N) is 2. The summed E-state index contributed by atoms with van der Waals surface area (Å²) >= 11 is 6.04. The molecule has 6 rings (SSSR count). The molecule has 1 aromatic carbocycles. The van der Waals surface area contributed by atoms with Crippen molar-refractivity contribution >= 4 is 33.9 Å². The molecule has 4 aliphatic rings. The number of nitrogens with one attached hydrogen (secondary N) is 1. The third-order valence-electron chi connectivity index (χ3n) is 7.57. The van der Waals surface area contributed by atoms with Gasteiger partial charge in [-0.2, -0.15) is 0 Å². The lowest BCUT2D eigenvalue weighted by Gasteiger charge is -2.42. The van der Waals surface area contributed by atoms with Gasteiger partial charge in [0.25, 0.3) is 0 Å². The van der Waals surface area contributed by atoms with Crippen LogP contribution in [0.2, 0.25) is 5.02 Å². The molecule has 1 saturated heterocycles. The van der Waals surface area contributed by atoms with Crippen LogP contribution in [-0.4, -0.2) is 45.3 Å². The Balaban J connectivity index is 1.25. The lowest BCUT2D eigenvalue weighted by atomic mass is 9.77. The zero-order valence-corrected chi connectivity index (χ0v) is 18.4. The summed E-state index contributed by atoms with van der Waals surface area (Å²) in [5, 5.41) is 14.3. The molecule has 30 heavy (non-hydrogen) atoms. The first-order chi connectivity index (χ1) is 14.6. The zero-order chi connectivity index (χ0) is 20.5. The molecule has 0 bridgehead atoms. The minimum Gasteiger partial charge on any atom is -0.394 e. The first-order valence-electron chi connectivity index (χ1n) is 10.9. The Morgan fingerprint density at radius 1 is 1.23 bits per heavy atom. The molecule has 7 heteroatoms. The van der Waals surface area contributed by atoms with Crippen molar-refractivity contribution in [2.45, 2.75) is 42.0 Å². The number of aromatic nitrogens is 1. The van der Waals surface area contributed by atoms with Crippen molar-refractivity contribution < 1.29 is 9.32 Å². The van der Waals surface area contributed by atoms with Gasteiger partial charge in [0.1, 0.15) is 5.82 Å². The van der Waals surface area contributed by atoms with E-state index in [-0.39, 0.29) is 12.1 Å². The number of anilines is 2. The molecule has 0 amide bonds. The highest BCUT2D eigenvalue weighted by atomic mass is 35.5. The van der Waals surface area contributed by atoms with E-state index in [9.17, 15) is 9.32 Å². The van der Waals surface area contributed by atoms with E-state index in [0.717, 1.165) is 65.9 Å². The fraction of sp³-hybridized carbons (Fsp3) is 0.522. The summed E-state index contributed by atoms with van der Waals surface area (Å²) in [6, 6.07) is 10.4. The lowest BCUT2D eigenvalue weighted by Crippen LogP contribution is -2.48. The Morgan fingerprint density at radius 2 is 1.97 bits per heavy atom. The summed E-state index contributed by atoms with van der Waals surface area (Å²) in [6.45, 7) is 2.14. The van der Waals surface area contributed by atoms with Gasteiger partial charge in [0.2, 0.25) is 0 Å². The molecule has 3 heterocycles. The van der Waals surface area contributed by atoms with Gasteiger partial charge in [-0.25, -0.2) is 4.98 Å². The van der Waals surface area contributed by atoms with Crippen molar-refractivity contribution in [2.24, 2.45) is 11.8 Å². The second-order valence-electron chi connectivity index (χ2n) is 9.33. The summed E-state index contributed by atoms with van der Waals surface area (Å²) in [7, 11) is -1.00. The largest absolute Gasteiger partial charge is 0.394 e. The van der Waals surface area contributed by atoms with Gasteiger partial charge >= 0.3 is 0 Å². The van der Waals surface area contributed by atoms with E-state index >= 15 is 0 Å². The molecule has 5 nitrogen and oxygen atoms in total. The second-order valence-corrected chi connectivity index (χ2v) is 11.3. The minimum atomic E-state index is -1.00. The van der Waals surface area contributed by atoms with Crippen molar-refractivity contribution in [3.05, 3.63) is 46.6 Å². The summed E-state index contributed by atoms with van der Waals surface area (Å²) in [5.41, 5.74) is 3.03. The fourth-order valence-corrected chi connectivity index (χ4v) is 7.12. The molecule has 0 radical (unpaired) electrons. The van der Waals surface area contributed by atoms with Gasteiger partial charge in [0.05, 0.1) is 39.2 Å². The molecule has 2 N–H and O–H groups in total. The number of aryl methyl sites for hydroxylation is 1. The van der Waals surface area contributed by atoms with Gasteiger partial charge < -0.3 is 15.3 Å². The van der Waals surface area contributed by atoms with Crippen LogP contribution in [0.5, 0.6) is 0 Å². The molecular weight excluding hydrogens is 418 g/mol. The fourth-order valence-electron chi connectivity index (χ4n) is 5.65. The number of aliphatic hydroxyl groups excluding tert-OH is 1. The van der Waals surface area contributed by atoms with E-state index in [2.05, 4.69) is 28.4 Å². The third kappa shape index (κ3) is 2.99. The molecule has 1 aromatic heterocycles. The molecule has 2 aromatic rings. The number of rotatable bonds is 5. The minimum absolute atomic E-state index is 0.114. The quantitative estimate of drug-likeness (QED) is 0.739. The molecule has 3 atom stereocenters. The van der Waals surface area contributed by atoms with Gasteiger partial charge in [0, 0.05) is 36.4 Å². The number of hydrogen-bond donors (Lipinski definition) is 2. The smallest absolute Gasteiger partial charge is 0.130 e. The van der Waals surface area contributed by atoms with Crippen LogP contribution in [0.3, 0.4) is 0 Å². The molecule has 2 aliphatic carbocycles. The van der Waals surface area contributed by atoms with E-state index in [1.54, 1.807) is 0 Å². The summed E-state index contributed by atoms with van der Waals surface area (Å²) < 4.78 is 12.6. The van der Waals surface area contributed by atoms with Crippen LogP contribution >= 0.6 is 11.6 Å². The molecule has 2 saturated carbocycles. The monoisotopic (exact) mass is 443 g/mol. The molecule has 0 spiro atoms. The average Bonchev–Trinajstić information content (AvgIpc) is 3.04. The van der Waals surface area contributed by atoms with E-state index in [1.807, 2.05) is 12.1 Å². The standard InChI is InChI=1S/C23H26ClN3O2S/c24-15-4-2-14(3-5-15)21-16-11-27(12-17(16)21)20-10-19(26-23(13-28)7-1-8-23)22-18(25-20)6-9-30(22)29/h2-5,10,16-17,21,28H,1,6-9,11-13H2,(H,25,26)/t16?,17?,21?,30-/m0/s1. The van der Waals surface area contributed by atoms with Gasteiger partial charge in [-0.1, -0.05) is 23.7 Å². The Kier molecular flexibility index (Phi) is 4.41. The van der Waals surface area contributed by atoms with Crippen molar-refractivity contribution in [1.82, 2.24) is 4.98 Å². The topological polar surface area (TPSA) is 65.5 Å². The Labute approximate surface area is 184 Å². The number of benzene rings is 1. The SMILES string of the molecule is O=[S@]1CCc2nc(N3CC4C(C3)C4c3ccc(Cl)cc3)cc(NC3(CO)CCC3)c21. The molecule has 158 valence electrons. The summed E-state index contributed by atoms with van der Waals surface area (Å²) in [4.78, 5) is 8.18. The van der Waals surface area contributed by atoms with E-state index in [4.69, 9.17) is 16.6 Å². The molecule has 2 unspecified atom stereocenters. The highest BCUT2D eigenvalue weighted by Crippen LogP contribution is 2.58. The number of pyridine rings is 1. The van der Waals surface area contributed by atoms with Crippen LogP contribution in [0, 0.1) is 11.8 Å². The molecule has 3 fully saturated rings. The predicted molar refractivity (Wildman–Crippen MR) is 120 cm³/mol. The van der Waals surface area contributed by atoms with Gasteiger partial charge in [-0.3, -0.25) is 4.21 Å². The number of piperidine rings is 1. The van der Waals surface area contributed by atoms with Crippen molar-refractivity contribution in [3.63, 3.8) is 0 Å². The van der Waals surface area contributed by atoms with Crippen molar-refractivity contribution in [2.75, 3.05) is 35.7 Å². The number of halogens is 1. The highest BCUT2D eigenvalue weighted by molar-refractivity contribution is 7.85. The van der Waals surface area contributed by atoms with Crippen LogP contribution in [0.4, 0.5) is 11.5 Å². The zero-order valence-electron chi connectivity index (χ0n) is 16.8. The average molecular weight is 444 g/mol. The van der Waals surface area contributed by atoms with Crippen LogP contribution in [0.15, 0.2) is 35.2 Å². The Hall–Kier alpha value is -1.63. The van der Waals surface area contributed by atoms with Crippen LogP contribution < -0.4 is 10.2 Å². The van der Waals surface area contributed by atoms with Crippen molar-refractivity contribution in [3.8, 4) is 0 Å². The number of hydrogen-bond acceptors (Lipinski definition) is 5. The van der Waals surface area contributed by atoms with Crippen LogP contribution in [-0.2, 0) is 17.2 Å². The lowest BCUT2D eigenvalue weighted by molar-refractivity contribution is 0.144. The van der Waals surface area contributed by atoms with E-state index in [0.29, 0.717) is 23.5 Å². The van der Waals surface area contributed by atoms with Crippen molar-refractivity contribution in [1.29, 1.82) is 0 Å². The maximum atomic E-state index is 12.6. The molecular formula is C23H26ClN3O2S. The van der Waals surface area contributed by atoms with Crippen LogP contribution in [0.25, 0.3) is 0 Å². The number of aliphatic hydroxyl groups is 1. The Morgan fingerprint density at radius 3 is 2.60 bits per heavy atom. The summed E-state index contributed by atoms with van der Waals surface area (Å²) in [6.07, 6.45) is 3.81. The second kappa shape index (κ2) is 6.94. The van der Waals surface area contributed by atoms with E-state index < -0.39 is 10.8 Å². The highest BCUT2D eigenvalue weighted by Gasteiger charge is 2.56. The van der Waals surface area contributed by atoms with E-state index in [1.165, 1.54) is 5.56 Å². The number of fused-ring (bicyclic) bond motifs is 2. The van der Waals surface area contributed by atoms with Gasteiger partial charge in [-0.05, 0) is 54.7 Å². The first-order valence-corrected chi connectivity index (χ1v) is 12.6. The summed E-state index contributed by atoms with van der Waals surface area (Å²) in [5.74, 6) is 3.61. The first kappa shape index (κ1) is 19.1. The predicted octanol–water partition coefficient (Wildman–Crippen LogP) is 3.58. The van der Waals surface area contributed by atoms with Gasteiger partial charge in [0.15, 0.2) is 0 Å². The van der Waals surface area contributed by atoms with Gasteiger partial charge in [-0.15, -0.1) is 0 Å².